The summed E-state index contributed by atoms with van der Waals surface area (Å²) in [6.45, 7) is 2.42. The fraction of sp³-hybridized carbons (Fsp3) is 0.364. The number of nitrogens with zero attached hydrogens (tertiary/aromatic N) is 2. The second-order valence-corrected chi connectivity index (χ2v) is 3.73. The largest absolute Gasteiger partial charge is 0.416 e. The zero-order valence-corrected chi connectivity index (χ0v) is 9.99. The molecule has 0 spiro atoms. The van der Waals surface area contributed by atoms with Crippen molar-refractivity contribution in [3.63, 3.8) is 0 Å². The van der Waals surface area contributed by atoms with Crippen LogP contribution in [0.3, 0.4) is 0 Å². The Kier molecular flexibility index (Phi) is 4.05. The summed E-state index contributed by atoms with van der Waals surface area (Å²) in [5, 5.41) is 11.4. The van der Waals surface area contributed by atoms with Crippen molar-refractivity contribution >= 4 is 11.5 Å². The number of nitrogens with two attached hydrogens (primary N) is 1. The molecule has 0 atom stereocenters. The molecule has 1 rings (SSSR count). The summed E-state index contributed by atoms with van der Waals surface area (Å²) in [6.07, 6.45) is -4.46. The van der Waals surface area contributed by atoms with Crippen molar-refractivity contribution in [1.29, 1.82) is 0 Å². The molecular formula is C11H14F3N3O. The average Bonchev–Trinajstić information content (AvgIpc) is 2.35. The summed E-state index contributed by atoms with van der Waals surface area (Å²) in [5.74, 6) is -0.351. The Morgan fingerprint density at radius 3 is 2.50 bits per heavy atom. The van der Waals surface area contributed by atoms with E-state index in [1.165, 1.54) is 6.07 Å². The molecule has 0 saturated carbocycles. The number of alkyl halides is 3. The van der Waals surface area contributed by atoms with E-state index in [-0.39, 0.29) is 11.4 Å². The first-order valence-electron chi connectivity index (χ1n) is 5.21. The summed E-state index contributed by atoms with van der Waals surface area (Å²) < 4.78 is 37.8. The van der Waals surface area contributed by atoms with Gasteiger partial charge in [-0.25, -0.2) is 0 Å². The molecule has 1 aromatic rings. The van der Waals surface area contributed by atoms with Gasteiger partial charge in [-0.3, -0.25) is 0 Å². The number of rotatable bonds is 3. The lowest BCUT2D eigenvalue weighted by atomic mass is 10.1. The van der Waals surface area contributed by atoms with E-state index in [4.69, 9.17) is 10.9 Å². The Hall–Kier alpha value is -1.92. The van der Waals surface area contributed by atoms with Crippen LogP contribution in [-0.2, 0) is 6.18 Å². The van der Waals surface area contributed by atoms with Gasteiger partial charge < -0.3 is 15.8 Å². The maximum atomic E-state index is 12.6. The van der Waals surface area contributed by atoms with E-state index in [2.05, 4.69) is 5.16 Å². The minimum Gasteiger partial charge on any atom is -0.409 e. The molecule has 1 aromatic carbocycles. The highest BCUT2D eigenvalue weighted by atomic mass is 19.4. The molecule has 100 valence electrons. The highest BCUT2D eigenvalue weighted by molar-refractivity contribution is 6.02. The Morgan fingerprint density at radius 1 is 1.44 bits per heavy atom. The van der Waals surface area contributed by atoms with Gasteiger partial charge in [-0.2, -0.15) is 13.2 Å². The molecule has 0 radical (unpaired) electrons. The lowest BCUT2D eigenvalue weighted by Crippen LogP contribution is -2.23. The van der Waals surface area contributed by atoms with Crippen LogP contribution in [0.25, 0.3) is 0 Å². The van der Waals surface area contributed by atoms with Gasteiger partial charge in [0, 0.05) is 24.8 Å². The Morgan fingerprint density at radius 2 is 2.06 bits per heavy atom. The molecule has 0 aliphatic carbocycles. The van der Waals surface area contributed by atoms with Crippen molar-refractivity contribution in [3.8, 4) is 0 Å². The van der Waals surface area contributed by atoms with Crippen LogP contribution in [0.1, 0.15) is 18.1 Å². The molecule has 0 saturated heterocycles. The number of hydrogen-bond donors (Lipinski definition) is 2. The number of oxime groups is 1. The maximum absolute atomic E-state index is 12.6. The first-order chi connectivity index (χ1) is 8.31. The average molecular weight is 261 g/mol. The Bertz CT molecular complexity index is 457. The number of halogens is 3. The predicted octanol–water partition coefficient (Wildman–Crippen LogP) is 2.26. The molecule has 0 aromatic heterocycles. The van der Waals surface area contributed by atoms with Gasteiger partial charge in [0.25, 0.3) is 0 Å². The fourth-order valence-electron chi connectivity index (χ4n) is 1.47. The van der Waals surface area contributed by atoms with E-state index in [0.717, 1.165) is 12.1 Å². The van der Waals surface area contributed by atoms with Crippen LogP contribution < -0.4 is 10.6 Å². The van der Waals surface area contributed by atoms with Crippen molar-refractivity contribution < 1.29 is 18.4 Å². The molecule has 0 heterocycles. The zero-order valence-electron chi connectivity index (χ0n) is 9.99. The van der Waals surface area contributed by atoms with Crippen LogP contribution in [0.2, 0.25) is 0 Å². The van der Waals surface area contributed by atoms with Gasteiger partial charge >= 0.3 is 6.18 Å². The summed E-state index contributed by atoms with van der Waals surface area (Å²) in [4.78, 5) is 1.70. The summed E-state index contributed by atoms with van der Waals surface area (Å²) >= 11 is 0. The first-order valence-corrected chi connectivity index (χ1v) is 5.21. The first kappa shape index (κ1) is 14.1. The lowest BCUT2D eigenvalue weighted by Gasteiger charge is -2.21. The monoisotopic (exact) mass is 261 g/mol. The van der Waals surface area contributed by atoms with Gasteiger partial charge in [0.15, 0.2) is 5.84 Å². The molecule has 4 nitrogen and oxygen atoms in total. The third-order valence-corrected chi connectivity index (χ3v) is 2.59. The van der Waals surface area contributed by atoms with Gasteiger partial charge in [0.2, 0.25) is 0 Å². The predicted molar refractivity (Wildman–Crippen MR) is 62.9 cm³/mol. The molecule has 0 fully saturated rings. The standard InChI is InChI=1S/C11H14F3N3O/c1-3-17(2)9-5-4-7(11(12,13)14)6-8(9)10(15)16-18/h4-6,18H,3H2,1-2H3,(H2,15,16). The van der Waals surface area contributed by atoms with Gasteiger partial charge in [-0.05, 0) is 25.1 Å². The second-order valence-electron chi connectivity index (χ2n) is 3.73. The number of hydrogen-bond acceptors (Lipinski definition) is 3. The normalized spacial score (nSPS) is 12.6. The van der Waals surface area contributed by atoms with E-state index in [1.54, 1.807) is 11.9 Å². The third-order valence-electron chi connectivity index (χ3n) is 2.59. The van der Waals surface area contributed by atoms with Crippen LogP contribution in [0.4, 0.5) is 18.9 Å². The summed E-state index contributed by atoms with van der Waals surface area (Å²) in [5.41, 5.74) is 5.10. The van der Waals surface area contributed by atoms with Crippen LogP contribution >= 0.6 is 0 Å². The van der Waals surface area contributed by atoms with Crippen LogP contribution in [0, 0.1) is 0 Å². The van der Waals surface area contributed by atoms with Gasteiger partial charge in [-0.1, -0.05) is 5.16 Å². The van der Waals surface area contributed by atoms with Gasteiger partial charge in [-0.15, -0.1) is 0 Å². The molecule has 7 heteroatoms. The van der Waals surface area contributed by atoms with E-state index in [9.17, 15) is 13.2 Å². The molecule has 0 bridgehead atoms. The minimum atomic E-state index is -4.46. The second kappa shape index (κ2) is 5.16. The van der Waals surface area contributed by atoms with Gasteiger partial charge in [0.1, 0.15) is 0 Å². The number of benzene rings is 1. The molecular weight excluding hydrogens is 247 g/mol. The number of anilines is 1. The van der Waals surface area contributed by atoms with Crippen LogP contribution in [-0.4, -0.2) is 24.6 Å². The van der Waals surface area contributed by atoms with Gasteiger partial charge in [0.05, 0.1) is 5.56 Å². The Labute approximate surface area is 102 Å². The van der Waals surface area contributed by atoms with Crippen molar-refractivity contribution in [2.45, 2.75) is 13.1 Å². The van der Waals surface area contributed by atoms with E-state index in [1.807, 2.05) is 6.92 Å². The molecule has 0 aliphatic heterocycles. The Balaban J connectivity index is 3.39. The van der Waals surface area contributed by atoms with E-state index in [0.29, 0.717) is 12.2 Å². The molecule has 0 unspecified atom stereocenters. The highest BCUT2D eigenvalue weighted by Gasteiger charge is 2.31. The van der Waals surface area contributed by atoms with Crippen molar-refractivity contribution in [2.75, 3.05) is 18.5 Å². The smallest absolute Gasteiger partial charge is 0.409 e. The summed E-state index contributed by atoms with van der Waals surface area (Å²) in [7, 11) is 1.71. The molecule has 0 amide bonds. The van der Waals surface area contributed by atoms with Crippen molar-refractivity contribution in [2.24, 2.45) is 10.9 Å². The fourth-order valence-corrected chi connectivity index (χ4v) is 1.47. The number of amidine groups is 1. The van der Waals surface area contributed by atoms with Crippen LogP contribution in [0.5, 0.6) is 0 Å². The third kappa shape index (κ3) is 2.85. The molecule has 0 aliphatic rings. The molecule has 3 N–H and O–H groups in total. The highest BCUT2D eigenvalue weighted by Crippen LogP contribution is 2.32. The quantitative estimate of drug-likeness (QED) is 0.379. The molecule has 18 heavy (non-hydrogen) atoms. The zero-order chi connectivity index (χ0) is 13.9. The summed E-state index contributed by atoms with van der Waals surface area (Å²) in [6, 6.07) is 3.14. The van der Waals surface area contributed by atoms with Crippen molar-refractivity contribution in [1.82, 2.24) is 0 Å². The lowest BCUT2D eigenvalue weighted by molar-refractivity contribution is -0.137. The van der Waals surface area contributed by atoms with Crippen molar-refractivity contribution in [3.05, 3.63) is 29.3 Å². The SMILES string of the molecule is CCN(C)c1ccc(C(F)(F)F)cc1/C(N)=N/O. The minimum absolute atomic E-state index is 0.0525. The maximum Gasteiger partial charge on any atom is 0.416 e. The van der Waals surface area contributed by atoms with E-state index < -0.39 is 11.7 Å². The van der Waals surface area contributed by atoms with E-state index >= 15 is 0 Å². The van der Waals surface area contributed by atoms with Crippen LogP contribution in [0.15, 0.2) is 23.4 Å². The topological polar surface area (TPSA) is 61.8 Å².